The molecule has 0 bridgehead atoms. The van der Waals surface area contributed by atoms with Crippen molar-refractivity contribution in [1.82, 2.24) is 14.1 Å². The zero-order chi connectivity index (χ0) is 23.4. The van der Waals surface area contributed by atoms with Gasteiger partial charge in [0.1, 0.15) is 16.8 Å². The van der Waals surface area contributed by atoms with E-state index in [0.717, 1.165) is 10.7 Å². The molecular formula is C19H19Cl2F3N4O3S. The topological polar surface area (TPSA) is 76.5 Å². The number of nitrogens with one attached hydrogen (secondary N) is 1. The van der Waals surface area contributed by atoms with Gasteiger partial charge in [-0.3, -0.25) is 0 Å². The molecule has 0 unspecified atom stereocenters. The Kier molecular flexibility index (Phi) is 6.00. The van der Waals surface area contributed by atoms with Gasteiger partial charge in [0.15, 0.2) is 5.69 Å². The van der Waals surface area contributed by atoms with E-state index in [-0.39, 0.29) is 45.7 Å². The Bertz CT molecular complexity index is 1200. The summed E-state index contributed by atoms with van der Waals surface area (Å²) in [6, 6.07) is 4.08. The van der Waals surface area contributed by atoms with Crippen LogP contribution in [0.2, 0.25) is 10.0 Å². The number of fused-ring (bicyclic) bond motifs is 1. The number of methoxy groups -OCH3 is 1. The number of benzene rings is 1. The van der Waals surface area contributed by atoms with Gasteiger partial charge in [-0.2, -0.15) is 22.6 Å². The molecule has 4 rings (SSSR count). The van der Waals surface area contributed by atoms with E-state index in [0.29, 0.717) is 12.0 Å². The molecule has 1 saturated heterocycles. The van der Waals surface area contributed by atoms with Crippen LogP contribution in [0.3, 0.4) is 0 Å². The third-order valence-electron chi connectivity index (χ3n) is 5.52. The van der Waals surface area contributed by atoms with Gasteiger partial charge in [-0.15, -0.1) is 0 Å². The largest absolute Gasteiger partial charge is 0.435 e. The molecule has 0 saturated carbocycles. The summed E-state index contributed by atoms with van der Waals surface area (Å²) in [4.78, 5) is -0.114. The van der Waals surface area contributed by atoms with Gasteiger partial charge >= 0.3 is 6.18 Å². The van der Waals surface area contributed by atoms with Crippen LogP contribution < -0.4 is 5.32 Å². The highest BCUT2D eigenvalue weighted by molar-refractivity contribution is 7.93. The van der Waals surface area contributed by atoms with E-state index in [2.05, 4.69) is 10.4 Å². The molecule has 0 aliphatic carbocycles. The average Bonchev–Trinajstić information content (AvgIpc) is 3.36. The van der Waals surface area contributed by atoms with Crippen LogP contribution in [0.5, 0.6) is 0 Å². The quantitative estimate of drug-likeness (QED) is 0.654. The molecule has 0 spiro atoms. The maximum absolute atomic E-state index is 13.7. The average molecular weight is 511 g/mol. The van der Waals surface area contributed by atoms with Gasteiger partial charge in [-0.05, 0) is 31.0 Å². The zero-order valence-electron chi connectivity index (χ0n) is 16.9. The zero-order valence-corrected chi connectivity index (χ0v) is 19.3. The summed E-state index contributed by atoms with van der Waals surface area (Å²) >= 11 is 12.2. The van der Waals surface area contributed by atoms with Crippen LogP contribution in [-0.4, -0.2) is 48.8 Å². The Balaban J connectivity index is 1.89. The first-order chi connectivity index (χ1) is 14.9. The number of alkyl halides is 3. The van der Waals surface area contributed by atoms with Gasteiger partial charge in [-0.1, -0.05) is 29.3 Å². The molecule has 2 aromatic rings. The van der Waals surface area contributed by atoms with Crippen molar-refractivity contribution >= 4 is 39.0 Å². The van der Waals surface area contributed by atoms with Crippen LogP contribution >= 0.6 is 23.2 Å². The molecule has 1 N–H and O–H groups in total. The molecule has 0 radical (unpaired) electrons. The number of ether oxygens (including phenoxy) is 1. The molecule has 2 aliphatic heterocycles. The molecule has 1 fully saturated rings. The first-order valence-electron chi connectivity index (χ1n) is 9.56. The lowest BCUT2D eigenvalue weighted by atomic mass is 10.0. The lowest BCUT2D eigenvalue weighted by molar-refractivity contribution is -0.141. The van der Waals surface area contributed by atoms with Gasteiger partial charge < -0.3 is 10.1 Å². The highest BCUT2D eigenvalue weighted by Gasteiger charge is 2.44. The van der Waals surface area contributed by atoms with E-state index in [1.807, 2.05) is 0 Å². The summed E-state index contributed by atoms with van der Waals surface area (Å²) in [7, 11) is -2.59. The first-order valence-corrected chi connectivity index (χ1v) is 11.8. The van der Waals surface area contributed by atoms with Crippen molar-refractivity contribution in [3.8, 4) is 0 Å². The fourth-order valence-electron chi connectivity index (χ4n) is 3.95. The predicted octanol–water partition coefficient (Wildman–Crippen LogP) is 4.51. The van der Waals surface area contributed by atoms with Gasteiger partial charge in [0.25, 0.3) is 0 Å². The molecule has 1 aromatic carbocycles. The van der Waals surface area contributed by atoms with E-state index >= 15 is 0 Å². The Labute approximate surface area is 192 Å². The SMILES string of the molecule is CO[C@@H]1CCN(S(=O)(=O)C2=C(C)Nc3cc(C(F)(F)F)nn3[C@@H]2c2ccc(Cl)c(Cl)c2)C1. The minimum atomic E-state index is -4.71. The minimum Gasteiger partial charge on any atom is -0.380 e. The van der Waals surface area contributed by atoms with Crippen LogP contribution in [0.25, 0.3) is 0 Å². The molecular weight excluding hydrogens is 492 g/mol. The lowest BCUT2D eigenvalue weighted by Crippen LogP contribution is -2.37. The van der Waals surface area contributed by atoms with Crippen LogP contribution in [0.1, 0.15) is 30.6 Å². The number of nitrogens with zero attached hydrogens (tertiary/aromatic N) is 3. The monoisotopic (exact) mass is 510 g/mol. The van der Waals surface area contributed by atoms with Crippen LogP contribution in [0.4, 0.5) is 19.0 Å². The molecule has 2 atom stereocenters. The molecule has 2 aliphatic rings. The second-order valence-corrected chi connectivity index (χ2v) is 10.3. The van der Waals surface area contributed by atoms with Gasteiger partial charge in [-0.25, -0.2) is 13.1 Å². The molecule has 7 nitrogen and oxygen atoms in total. The van der Waals surface area contributed by atoms with Crippen molar-refractivity contribution in [2.75, 3.05) is 25.5 Å². The highest BCUT2D eigenvalue weighted by Crippen LogP contribution is 2.43. The molecule has 3 heterocycles. The molecule has 0 amide bonds. The summed E-state index contributed by atoms with van der Waals surface area (Å²) in [6.07, 6.45) is -4.46. The Hall–Kier alpha value is -1.79. The van der Waals surface area contributed by atoms with E-state index in [4.69, 9.17) is 27.9 Å². The van der Waals surface area contributed by atoms with Crippen LogP contribution in [0, 0.1) is 0 Å². The summed E-state index contributed by atoms with van der Waals surface area (Å²) in [6.45, 7) is 1.87. The second-order valence-electron chi connectivity index (χ2n) is 7.56. The van der Waals surface area contributed by atoms with Gasteiger partial charge in [0.05, 0.1) is 16.1 Å². The van der Waals surface area contributed by atoms with E-state index in [1.165, 1.54) is 36.5 Å². The maximum Gasteiger partial charge on any atom is 0.435 e. The standard InChI is InChI=1S/C19H19Cl2F3N4O3S/c1-10-18(32(29,30)27-6-5-12(9-27)31-2)17(11-3-4-13(20)14(21)7-11)28-16(25-10)8-15(26-28)19(22,23)24/h3-4,7-8,12,17,25H,5-6,9H2,1-2H3/t12-,17-/m1/s1. The number of hydrogen-bond donors (Lipinski definition) is 1. The third-order valence-corrected chi connectivity index (χ3v) is 8.36. The van der Waals surface area contributed by atoms with Crippen molar-refractivity contribution in [1.29, 1.82) is 0 Å². The first kappa shape index (κ1) is 23.4. The summed E-state index contributed by atoms with van der Waals surface area (Å²) in [5.74, 6) is 0.0148. The summed E-state index contributed by atoms with van der Waals surface area (Å²) in [5.41, 5.74) is -0.612. The smallest absolute Gasteiger partial charge is 0.380 e. The number of allylic oxidation sites excluding steroid dienone is 2. The minimum absolute atomic E-state index is 0.0148. The fraction of sp³-hybridized carbons (Fsp3) is 0.421. The number of anilines is 1. The number of sulfonamides is 1. The lowest BCUT2D eigenvalue weighted by Gasteiger charge is -2.32. The van der Waals surface area contributed by atoms with E-state index < -0.39 is 27.9 Å². The fourth-order valence-corrected chi connectivity index (χ4v) is 6.20. The van der Waals surface area contributed by atoms with Crippen molar-refractivity contribution in [3.63, 3.8) is 0 Å². The summed E-state index contributed by atoms with van der Waals surface area (Å²) < 4.78 is 75.0. The Morgan fingerprint density at radius 3 is 2.53 bits per heavy atom. The van der Waals surface area contributed by atoms with Crippen molar-refractivity contribution < 1.29 is 26.3 Å². The molecule has 1 aromatic heterocycles. The van der Waals surface area contributed by atoms with Crippen molar-refractivity contribution in [2.24, 2.45) is 0 Å². The maximum atomic E-state index is 13.7. The normalized spacial score (nSPS) is 22.2. The molecule has 174 valence electrons. The summed E-state index contributed by atoms with van der Waals surface area (Å²) in [5, 5.41) is 6.84. The molecule has 32 heavy (non-hydrogen) atoms. The number of rotatable bonds is 4. The Morgan fingerprint density at radius 1 is 1.22 bits per heavy atom. The number of hydrogen-bond acceptors (Lipinski definition) is 5. The van der Waals surface area contributed by atoms with Gasteiger partial charge in [0, 0.05) is 32.0 Å². The highest BCUT2D eigenvalue weighted by atomic mass is 35.5. The molecule has 13 heteroatoms. The Morgan fingerprint density at radius 2 is 1.94 bits per heavy atom. The van der Waals surface area contributed by atoms with Gasteiger partial charge in [0.2, 0.25) is 10.0 Å². The number of aromatic nitrogens is 2. The van der Waals surface area contributed by atoms with Crippen LogP contribution in [0.15, 0.2) is 34.9 Å². The third kappa shape index (κ3) is 4.01. The predicted molar refractivity (Wildman–Crippen MR) is 114 cm³/mol. The van der Waals surface area contributed by atoms with Crippen molar-refractivity contribution in [3.05, 3.63) is 56.2 Å². The van der Waals surface area contributed by atoms with Crippen molar-refractivity contribution in [2.45, 2.75) is 31.7 Å². The number of halogens is 5. The van der Waals surface area contributed by atoms with Crippen LogP contribution in [-0.2, 0) is 20.9 Å². The van der Waals surface area contributed by atoms with E-state index in [1.54, 1.807) is 0 Å². The van der Waals surface area contributed by atoms with E-state index in [9.17, 15) is 21.6 Å². The second kappa shape index (κ2) is 8.21.